The second kappa shape index (κ2) is 3.44. The van der Waals surface area contributed by atoms with Gasteiger partial charge in [0.15, 0.2) is 0 Å². The first-order valence-corrected chi connectivity index (χ1v) is 2.56. The van der Waals surface area contributed by atoms with Crippen LogP contribution in [-0.2, 0) is 0 Å². The number of allylic oxidation sites excluding steroid dienone is 1. The first-order chi connectivity index (χ1) is 3.68. The van der Waals surface area contributed by atoms with E-state index < -0.39 is 0 Å². The molecule has 0 aromatic rings. The molecule has 0 amide bonds. The predicted octanol–water partition coefficient (Wildman–Crippen LogP) is 1.63. The summed E-state index contributed by atoms with van der Waals surface area (Å²) in [4.78, 5) is 0. The molecule has 0 unspecified atom stereocenters. The van der Waals surface area contributed by atoms with E-state index in [1.807, 2.05) is 6.92 Å². The maximum absolute atomic E-state index is 5.39. The zero-order chi connectivity index (χ0) is 6.57. The molecule has 0 atom stereocenters. The smallest absolute Gasteiger partial charge is 0.0559 e. The maximum atomic E-state index is 5.39. The Morgan fingerprint density at radius 3 is 2.38 bits per heavy atom. The van der Waals surface area contributed by atoms with E-state index in [-0.39, 0.29) is 0 Å². The van der Waals surface area contributed by atoms with Crippen molar-refractivity contribution in [1.29, 1.82) is 0 Å². The molecule has 1 heteroatoms. The zero-order valence-electron chi connectivity index (χ0n) is 5.28. The van der Waals surface area contributed by atoms with Gasteiger partial charge in [-0.05, 0) is 13.3 Å². The van der Waals surface area contributed by atoms with Crippen molar-refractivity contribution in [1.82, 2.24) is 0 Å². The fourth-order valence-electron chi connectivity index (χ4n) is 0.335. The molecule has 0 bridgehead atoms. The largest absolute Gasteiger partial charge is 0.320 e. The summed E-state index contributed by atoms with van der Waals surface area (Å²) in [5.74, 6) is 0. The van der Waals surface area contributed by atoms with Gasteiger partial charge in [-0.2, -0.15) is 0 Å². The molecule has 0 saturated carbocycles. The Bertz CT molecular complexity index is 92.6. The Labute approximate surface area is 50.9 Å². The Hall–Kier alpha value is -0.560. The van der Waals surface area contributed by atoms with Gasteiger partial charge in [0.05, 0.1) is 6.04 Å². The van der Waals surface area contributed by atoms with Crippen molar-refractivity contribution >= 4 is 0 Å². The normalized spacial score (nSPS) is 9.38. The average Bonchev–Trinajstić information content (AvgIpc) is 1.67. The highest BCUT2D eigenvalue weighted by Gasteiger charge is 1.95. The molecule has 0 aromatic carbocycles. The van der Waals surface area contributed by atoms with Gasteiger partial charge in [0, 0.05) is 0 Å². The molecule has 2 N–H and O–H groups in total. The minimum atomic E-state index is 0.794. The lowest BCUT2D eigenvalue weighted by molar-refractivity contribution is 1.02. The van der Waals surface area contributed by atoms with Crippen molar-refractivity contribution < 1.29 is 0 Å². The molecule has 0 fully saturated rings. The van der Waals surface area contributed by atoms with E-state index in [2.05, 4.69) is 13.2 Å². The van der Waals surface area contributed by atoms with E-state index in [1.165, 1.54) is 0 Å². The molecule has 1 radical (unpaired) electrons. The SMILES string of the molecule is C=CCC(=C)[C](C)N. The minimum Gasteiger partial charge on any atom is -0.320 e. The van der Waals surface area contributed by atoms with Gasteiger partial charge in [0.1, 0.15) is 0 Å². The van der Waals surface area contributed by atoms with Crippen LogP contribution in [0.2, 0.25) is 0 Å². The van der Waals surface area contributed by atoms with Crippen molar-refractivity contribution in [3.63, 3.8) is 0 Å². The summed E-state index contributed by atoms with van der Waals surface area (Å²) in [6, 6.07) is 0.796. The van der Waals surface area contributed by atoms with Gasteiger partial charge >= 0.3 is 0 Å². The molecule has 0 rings (SSSR count). The second-order valence-electron chi connectivity index (χ2n) is 1.78. The maximum Gasteiger partial charge on any atom is 0.0559 e. The van der Waals surface area contributed by atoms with Crippen LogP contribution in [0.25, 0.3) is 0 Å². The highest BCUT2D eigenvalue weighted by molar-refractivity contribution is 5.17. The Morgan fingerprint density at radius 2 is 2.25 bits per heavy atom. The topological polar surface area (TPSA) is 26.0 Å². The number of rotatable bonds is 3. The van der Waals surface area contributed by atoms with Crippen LogP contribution >= 0.6 is 0 Å². The third-order valence-corrected chi connectivity index (χ3v) is 0.948. The summed E-state index contributed by atoms with van der Waals surface area (Å²) in [6.07, 6.45) is 2.58. The predicted molar refractivity (Wildman–Crippen MR) is 37.1 cm³/mol. The lowest BCUT2D eigenvalue weighted by Gasteiger charge is -2.02. The summed E-state index contributed by atoms with van der Waals surface area (Å²) in [5, 5.41) is 0. The summed E-state index contributed by atoms with van der Waals surface area (Å²) in [7, 11) is 0. The van der Waals surface area contributed by atoms with Crippen LogP contribution < -0.4 is 5.73 Å². The van der Waals surface area contributed by atoms with Crippen LogP contribution in [0, 0.1) is 6.04 Å². The monoisotopic (exact) mass is 110 g/mol. The third kappa shape index (κ3) is 2.59. The van der Waals surface area contributed by atoms with Crippen LogP contribution in [0.15, 0.2) is 24.8 Å². The van der Waals surface area contributed by atoms with Gasteiger partial charge in [-0.1, -0.05) is 18.2 Å². The molecule has 0 aliphatic rings. The Kier molecular flexibility index (Phi) is 3.20. The number of hydrogen-bond acceptors (Lipinski definition) is 1. The van der Waals surface area contributed by atoms with Crippen LogP contribution in [0.4, 0.5) is 0 Å². The third-order valence-electron chi connectivity index (χ3n) is 0.948. The second-order valence-corrected chi connectivity index (χ2v) is 1.78. The molecule has 0 aromatic heterocycles. The fourth-order valence-corrected chi connectivity index (χ4v) is 0.335. The average molecular weight is 110 g/mol. The summed E-state index contributed by atoms with van der Waals surface area (Å²) < 4.78 is 0. The molecular weight excluding hydrogens is 98.1 g/mol. The Morgan fingerprint density at radius 1 is 1.75 bits per heavy atom. The molecule has 0 aliphatic carbocycles. The van der Waals surface area contributed by atoms with Crippen LogP contribution in [-0.4, -0.2) is 0 Å². The highest BCUT2D eigenvalue weighted by Crippen LogP contribution is 2.07. The lowest BCUT2D eigenvalue weighted by Crippen LogP contribution is -2.05. The summed E-state index contributed by atoms with van der Waals surface area (Å²) in [6.45, 7) is 9.10. The highest BCUT2D eigenvalue weighted by atomic mass is 14.6. The minimum absolute atomic E-state index is 0.794. The molecule has 8 heavy (non-hydrogen) atoms. The fraction of sp³-hybridized carbons (Fsp3) is 0.286. The first kappa shape index (κ1) is 7.44. The lowest BCUT2D eigenvalue weighted by atomic mass is 10.1. The number of hydrogen-bond donors (Lipinski definition) is 1. The van der Waals surface area contributed by atoms with Crippen molar-refractivity contribution in [3.05, 3.63) is 30.8 Å². The van der Waals surface area contributed by atoms with Crippen LogP contribution in [0.5, 0.6) is 0 Å². The van der Waals surface area contributed by atoms with Crippen molar-refractivity contribution in [2.75, 3.05) is 0 Å². The van der Waals surface area contributed by atoms with E-state index in [4.69, 9.17) is 5.73 Å². The molecule has 0 aliphatic heterocycles. The van der Waals surface area contributed by atoms with Gasteiger partial charge in [-0.15, -0.1) is 6.58 Å². The molecule has 45 valence electrons. The van der Waals surface area contributed by atoms with Gasteiger partial charge in [0.25, 0.3) is 0 Å². The quantitative estimate of drug-likeness (QED) is 0.549. The molecule has 0 saturated heterocycles. The van der Waals surface area contributed by atoms with E-state index >= 15 is 0 Å². The molecular formula is C7H12N. The molecule has 1 nitrogen and oxygen atoms in total. The van der Waals surface area contributed by atoms with Gasteiger partial charge in [-0.25, -0.2) is 0 Å². The zero-order valence-corrected chi connectivity index (χ0v) is 5.28. The standard InChI is InChI=1S/C7H12N/c1-4-5-6(2)7(3)8/h4H,1-2,5,8H2,3H3. The van der Waals surface area contributed by atoms with Crippen LogP contribution in [0.1, 0.15) is 13.3 Å². The van der Waals surface area contributed by atoms with E-state index in [1.54, 1.807) is 6.08 Å². The molecule has 0 heterocycles. The van der Waals surface area contributed by atoms with Gasteiger partial charge in [-0.3, -0.25) is 0 Å². The van der Waals surface area contributed by atoms with Crippen LogP contribution in [0.3, 0.4) is 0 Å². The van der Waals surface area contributed by atoms with Gasteiger partial charge < -0.3 is 5.73 Å². The first-order valence-electron chi connectivity index (χ1n) is 2.56. The van der Waals surface area contributed by atoms with Crippen molar-refractivity contribution in [2.45, 2.75) is 13.3 Å². The summed E-state index contributed by atoms with van der Waals surface area (Å²) in [5.41, 5.74) is 6.35. The van der Waals surface area contributed by atoms with E-state index in [0.29, 0.717) is 0 Å². The van der Waals surface area contributed by atoms with Gasteiger partial charge in [0.2, 0.25) is 0 Å². The number of nitrogens with two attached hydrogens (primary N) is 1. The van der Waals surface area contributed by atoms with E-state index in [0.717, 1.165) is 18.0 Å². The van der Waals surface area contributed by atoms with Crippen molar-refractivity contribution in [3.8, 4) is 0 Å². The van der Waals surface area contributed by atoms with E-state index in [9.17, 15) is 0 Å². The molecule has 0 spiro atoms. The Balaban J connectivity index is 3.48. The van der Waals surface area contributed by atoms with Crippen molar-refractivity contribution in [2.24, 2.45) is 5.73 Å². The summed E-state index contributed by atoms with van der Waals surface area (Å²) >= 11 is 0.